The van der Waals surface area contributed by atoms with Gasteiger partial charge in [0.1, 0.15) is 6.33 Å². The van der Waals surface area contributed by atoms with E-state index in [0.29, 0.717) is 0 Å². The SMILES string of the molecule is Cc1cc2c(N3CCCCC3)n[nH]c2cc1-c1cc(C)c2ncnn2c1. The number of hydrogen-bond acceptors (Lipinski definition) is 4. The average molecular weight is 346 g/mol. The van der Waals surface area contributed by atoms with Crippen molar-refractivity contribution in [3.05, 3.63) is 41.9 Å². The van der Waals surface area contributed by atoms with Gasteiger partial charge in [-0.2, -0.15) is 10.2 Å². The molecule has 0 amide bonds. The Morgan fingerprint density at radius 1 is 1.00 bits per heavy atom. The van der Waals surface area contributed by atoms with Crippen molar-refractivity contribution in [1.82, 2.24) is 24.8 Å². The first kappa shape index (κ1) is 15.4. The van der Waals surface area contributed by atoms with Crippen molar-refractivity contribution in [2.75, 3.05) is 18.0 Å². The number of aryl methyl sites for hydroxylation is 2. The molecular weight excluding hydrogens is 324 g/mol. The van der Waals surface area contributed by atoms with Crippen LogP contribution < -0.4 is 4.90 Å². The third kappa shape index (κ3) is 2.36. The molecule has 132 valence electrons. The number of aromatic amines is 1. The first-order valence-electron chi connectivity index (χ1n) is 9.25. The van der Waals surface area contributed by atoms with Crippen molar-refractivity contribution >= 4 is 22.4 Å². The third-order valence-corrected chi connectivity index (χ3v) is 5.41. The van der Waals surface area contributed by atoms with Gasteiger partial charge >= 0.3 is 0 Å². The number of fused-ring (bicyclic) bond motifs is 2. The van der Waals surface area contributed by atoms with Crippen LogP contribution in [0, 0.1) is 13.8 Å². The highest BCUT2D eigenvalue weighted by atomic mass is 15.3. The minimum absolute atomic E-state index is 0.904. The zero-order valence-corrected chi connectivity index (χ0v) is 15.2. The fourth-order valence-corrected chi connectivity index (χ4v) is 4.06. The van der Waals surface area contributed by atoms with E-state index in [-0.39, 0.29) is 0 Å². The zero-order chi connectivity index (χ0) is 17.7. The van der Waals surface area contributed by atoms with Gasteiger partial charge in [-0.15, -0.1) is 0 Å². The van der Waals surface area contributed by atoms with Gasteiger partial charge in [0.15, 0.2) is 11.5 Å². The molecule has 0 saturated carbocycles. The van der Waals surface area contributed by atoms with Crippen LogP contribution in [-0.4, -0.2) is 37.9 Å². The second-order valence-corrected chi connectivity index (χ2v) is 7.25. The molecular formula is C20H22N6. The van der Waals surface area contributed by atoms with Gasteiger partial charge in [-0.3, -0.25) is 5.10 Å². The van der Waals surface area contributed by atoms with Crippen molar-refractivity contribution in [1.29, 1.82) is 0 Å². The van der Waals surface area contributed by atoms with Crippen molar-refractivity contribution in [2.24, 2.45) is 0 Å². The van der Waals surface area contributed by atoms with Gasteiger partial charge in [0.05, 0.1) is 5.52 Å². The van der Waals surface area contributed by atoms with Crippen LogP contribution in [0.5, 0.6) is 0 Å². The largest absolute Gasteiger partial charge is 0.355 e. The fourth-order valence-electron chi connectivity index (χ4n) is 4.06. The Kier molecular flexibility index (Phi) is 3.45. The van der Waals surface area contributed by atoms with Gasteiger partial charge in [-0.1, -0.05) is 0 Å². The van der Waals surface area contributed by atoms with E-state index in [9.17, 15) is 0 Å². The molecule has 3 aromatic heterocycles. The van der Waals surface area contributed by atoms with Gasteiger partial charge in [0.25, 0.3) is 0 Å². The first-order chi connectivity index (χ1) is 12.7. The Morgan fingerprint density at radius 3 is 2.69 bits per heavy atom. The summed E-state index contributed by atoms with van der Waals surface area (Å²) in [6.07, 6.45) is 7.48. The molecule has 26 heavy (non-hydrogen) atoms. The van der Waals surface area contributed by atoms with Crippen molar-refractivity contribution in [3.63, 3.8) is 0 Å². The highest BCUT2D eigenvalue weighted by Crippen LogP contribution is 2.33. The van der Waals surface area contributed by atoms with Gasteiger partial charge in [-0.25, -0.2) is 9.50 Å². The summed E-state index contributed by atoms with van der Waals surface area (Å²) in [4.78, 5) is 6.72. The molecule has 0 unspecified atom stereocenters. The number of nitrogens with zero attached hydrogens (tertiary/aromatic N) is 5. The van der Waals surface area contributed by atoms with Crippen molar-refractivity contribution < 1.29 is 0 Å². The summed E-state index contributed by atoms with van der Waals surface area (Å²) in [5, 5.41) is 13.4. The Balaban J connectivity index is 1.63. The molecule has 0 spiro atoms. The monoisotopic (exact) mass is 346 g/mol. The number of piperidine rings is 1. The van der Waals surface area contributed by atoms with E-state index in [0.717, 1.165) is 41.2 Å². The van der Waals surface area contributed by atoms with Crippen LogP contribution in [-0.2, 0) is 0 Å². The zero-order valence-electron chi connectivity index (χ0n) is 15.2. The average Bonchev–Trinajstić information content (AvgIpc) is 3.28. The van der Waals surface area contributed by atoms with Crippen LogP contribution >= 0.6 is 0 Å². The lowest BCUT2D eigenvalue weighted by Crippen LogP contribution is -2.29. The number of anilines is 1. The molecule has 4 heterocycles. The van der Waals surface area contributed by atoms with Crippen LogP contribution in [0.25, 0.3) is 27.7 Å². The maximum Gasteiger partial charge on any atom is 0.158 e. The molecule has 1 aliphatic rings. The number of aromatic nitrogens is 5. The molecule has 0 aliphatic carbocycles. The predicted octanol–water partition coefficient (Wildman–Crippen LogP) is 3.88. The molecule has 1 aromatic carbocycles. The van der Waals surface area contributed by atoms with Gasteiger partial charge < -0.3 is 4.90 Å². The number of benzene rings is 1. The highest BCUT2D eigenvalue weighted by Gasteiger charge is 2.18. The molecule has 5 rings (SSSR count). The summed E-state index contributed by atoms with van der Waals surface area (Å²) < 4.78 is 1.85. The van der Waals surface area contributed by atoms with E-state index in [1.807, 2.05) is 10.7 Å². The molecule has 4 aromatic rings. The Labute approximate surface area is 151 Å². The predicted molar refractivity (Wildman–Crippen MR) is 104 cm³/mol. The number of pyridine rings is 1. The number of rotatable bonds is 2. The first-order valence-corrected chi connectivity index (χ1v) is 9.25. The lowest BCUT2D eigenvalue weighted by atomic mass is 9.99. The smallest absolute Gasteiger partial charge is 0.158 e. The summed E-state index contributed by atoms with van der Waals surface area (Å²) in [6, 6.07) is 6.65. The van der Waals surface area contributed by atoms with E-state index in [4.69, 9.17) is 0 Å². The lowest BCUT2D eigenvalue weighted by Gasteiger charge is -2.26. The summed E-state index contributed by atoms with van der Waals surface area (Å²) in [5.41, 5.74) is 6.71. The molecule has 1 aliphatic heterocycles. The van der Waals surface area contributed by atoms with Gasteiger partial charge in [-0.05, 0) is 68.0 Å². The molecule has 1 fully saturated rings. The summed E-state index contributed by atoms with van der Waals surface area (Å²) in [6.45, 7) is 6.44. The number of nitrogens with one attached hydrogen (secondary N) is 1. The maximum absolute atomic E-state index is 4.63. The molecule has 6 nitrogen and oxygen atoms in total. The summed E-state index contributed by atoms with van der Waals surface area (Å²) in [7, 11) is 0. The lowest BCUT2D eigenvalue weighted by molar-refractivity contribution is 0.574. The summed E-state index contributed by atoms with van der Waals surface area (Å²) in [5.74, 6) is 1.09. The quantitative estimate of drug-likeness (QED) is 0.598. The van der Waals surface area contributed by atoms with E-state index in [1.54, 1.807) is 6.33 Å². The van der Waals surface area contributed by atoms with E-state index >= 15 is 0 Å². The molecule has 6 heteroatoms. The minimum atomic E-state index is 0.904. The van der Waals surface area contributed by atoms with Crippen LogP contribution in [0.1, 0.15) is 30.4 Å². The van der Waals surface area contributed by atoms with Crippen molar-refractivity contribution in [3.8, 4) is 11.1 Å². The fraction of sp³-hybridized carbons (Fsp3) is 0.350. The Hall–Kier alpha value is -2.89. The highest BCUT2D eigenvalue weighted by molar-refractivity contribution is 5.94. The Morgan fingerprint density at radius 2 is 1.85 bits per heavy atom. The number of hydrogen-bond donors (Lipinski definition) is 1. The van der Waals surface area contributed by atoms with E-state index < -0.39 is 0 Å². The molecule has 0 radical (unpaired) electrons. The van der Waals surface area contributed by atoms with E-state index in [1.165, 1.54) is 35.8 Å². The van der Waals surface area contributed by atoms with Gasteiger partial charge in [0, 0.05) is 30.2 Å². The second kappa shape index (κ2) is 5.83. The normalized spacial score (nSPS) is 15.2. The molecule has 0 atom stereocenters. The third-order valence-electron chi connectivity index (χ3n) is 5.41. The van der Waals surface area contributed by atoms with Crippen LogP contribution in [0.4, 0.5) is 5.82 Å². The maximum atomic E-state index is 4.63. The molecule has 0 bridgehead atoms. The molecule has 1 saturated heterocycles. The summed E-state index contributed by atoms with van der Waals surface area (Å²) >= 11 is 0. The van der Waals surface area contributed by atoms with Crippen LogP contribution in [0.15, 0.2) is 30.7 Å². The standard InChI is InChI=1S/C20H22N6/c1-13-9-17-18(23-24-20(17)25-6-4-3-5-7-25)10-16(13)15-8-14(2)19-21-12-22-26(19)11-15/h8-12H,3-7H2,1-2H3,(H,23,24). The number of H-pyrrole nitrogens is 1. The Bertz CT molecular complexity index is 1100. The van der Waals surface area contributed by atoms with Crippen LogP contribution in [0.2, 0.25) is 0 Å². The van der Waals surface area contributed by atoms with Crippen molar-refractivity contribution in [2.45, 2.75) is 33.1 Å². The molecule has 1 N–H and O–H groups in total. The van der Waals surface area contributed by atoms with Gasteiger partial charge in [0.2, 0.25) is 0 Å². The second-order valence-electron chi connectivity index (χ2n) is 7.25. The topological polar surface area (TPSA) is 62.1 Å². The minimum Gasteiger partial charge on any atom is -0.355 e. The van der Waals surface area contributed by atoms with Crippen LogP contribution in [0.3, 0.4) is 0 Å². The van der Waals surface area contributed by atoms with E-state index in [2.05, 4.69) is 57.2 Å².